The number of aliphatic hydroxyl groups excluding tert-OH is 1. The summed E-state index contributed by atoms with van der Waals surface area (Å²) in [5, 5.41) is 9.47. The Bertz CT molecular complexity index is 508. The van der Waals surface area contributed by atoms with Crippen LogP contribution in [0.4, 0.5) is 5.69 Å². The number of nitrogen functional groups attached to an aromatic ring is 1. The zero-order valence-electron chi connectivity index (χ0n) is 11.6. The van der Waals surface area contributed by atoms with Gasteiger partial charge in [0.05, 0.1) is 17.8 Å². The third kappa shape index (κ3) is 3.26. The molecule has 0 fully saturated rings. The Balaban J connectivity index is 3.26. The highest BCUT2D eigenvalue weighted by atomic mass is 32.2. The molecule has 0 atom stereocenters. The standard InChI is InChI=1S/C13H22N2O3S/c1-4-13(5-2,9-16)15-19(17,18)12-10(3)7-6-8-11(12)14/h6-8,15-16H,4-5,9,14H2,1-3H3. The van der Waals surface area contributed by atoms with Crippen LogP contribution < -0.4 is 10.5 Å². The second kappa shape index (κ2) is 5.90. The van der Waals surface area contributed by atoms with Gasteiger partial charge in [-0.1, -0.05) is 26.0 Å². The predicted octanol–water partition coefficient (Wildman–Crippen LogP) is 1.41. The predicted molar refractivity (Wildman–Crippen MR) is 76.3 cm³/mol. The van der Waals surface area contributed by atoms with Gasteiger partial charge in [0.15, 0.2) is 0 Å². The summed E-state index contributed by atoms with van der Waals surface area (Å²) >= 11 is 0. The van der Waals surface area contributed by atoms with Crippen LogP contribution in [0, 0.1) is 6.92 Å². The fourth-order valence-corrected chi connectivity index (χ4v) is 3.92. The lowest BCUT2D eigenvalue weighted by molar-refractivity contribution is 0.172. The normalized spacial score (nSPS) is 12.6. The molecule has 0 bridgehead atoms. The highest BCUT2D eigenvalue weighted by Crippen LogP contribution is 2.25. The average Bonchev–Trinajstić information content (AvgIpc) is 2.35. The van der Waals surface area contributed by atoms with Crippen molar-refractivity contribution in [1.82, 2.24) is 4.72 Å². The molecule has 0 aliphatic heterocycles. The second-order valence-corrected chi connectivity index (χ2v) is 6.36. The van der Waals surface area contributed by atoms with Crippen LogP contribution in [0.3, 0.4) is 0 Å². The van der Waals surface area contributed by atoms with Crippen LogP contribution >= 0.6 is 0 Å². The van der Waals surface area contributed by atoms with Crippen LogP contribution in [0.15, 0.2) is 23.1 Å². The number of aliphatic hydroxyl groups is 1. The van der Waals surface area contributed by atoms with E-state index in [2.05, 4.69) is 4.72 Å². The number of hydrogen-bond acceptors (Lipinski definition) is 4. The van der Waals surface area contributed by atoms with Gasteiger partial charge in [-0.15, -0.1) is 0 Å². The second-order valence-electron chi connectivity index (χ2n) is 4.74. The average molecular weight is 286 g/mol. The molecule has 108 valence electrons. The molecule has 1 aromatic carbocycles. The van der Waals surface area contributed by atoms with Crippen molar-refractivity contribution in [2.45, 2.75) is 44.0 Å². The van der Waals surface area contributed by atoms with Crippen LogP contribution in [0.5, 0.6) is 0 Å². The number of anilines is 1. The summed E-state index contributed by atoms with van der Waals surface area (Å²) in [6.45, 7) is 5.13. The quantitative estimate of drug-likeness (QED) is 0.689. The van der Waals surface area contributed by atoms with Gasteiger partial charge in [0, 0.05) is 0 Å². The fourth-order valence-electron chi connectivity index (χ4n) is 2.03. The van der Waals surface area contributed by atoms with E-state index in [1.807, 2.05) is 13.8 Å². The molecule has 0 aliphatic rings. The Morgan fingerprint density at radius 1 is 1.32 bits per heavy atom. The van der Waals surface area contributed by atoms with Gasteiger partial charge < -0.3 is 10.8 Å². The van der Waals surface area contributed by atoms with Crippen molar-refractivity contribution < 1.29 is 13.5 Å². The Morgan fingerprint density at radius 2 is 1.89 bits per heavy atom. The third-order valence-corrected chi connectivity index (χ3v) is 5.32. The minimum absolute atomic E-state index is 0.0923. The van der Waals surface area contributed by atoms with Gasteiger partial charge in [0.1, 0.15) is 4.90 Å². The number of rotatable bonds is 6. The maximum atomic E-state index is 12.5. The zero-order chi connectivity index (χ0) is 14.7. The Kier molecular flexibility index (Phi) is 4.95. The van der Waals surface area contributed by atoms with Crippen molar-refractivity contribution in [3.05, 3.63) is 23.8 Å². The summed E-state index contributed by atoms with van der Waals surface area (Å²) in [5.41, 5.74) is 5.73. The Hall–Kier alpha value is -1.11. The van der Waals surface area contributed by atoms with Gasteiger partial charge >= 0.3 is 0 Å². The molecule has 5 nitrogen and oxygen atoms in total. The lowest BCUT2D eigenvalue weighted by atomic mass is 9.96. The van der Waals surface area contributed by atoms with E-state index in [9.17, 15) is 13.5 Å². The molecule has 0 saturated heterocycles. The zero-order valence-corrected chi connectivity index (χ0v) is 12.4. The van der Waals surface area contributed by atoms with Gasteiger partial charge in [0.25, 0.3) is 0 Å². The summed E-state index contributed by atoms with van der Waals surface area (Å²) in [4.78, 5) is 0.0923. The molecule has 1 rings (SSSR count). The lowest BCUT2D eigenvalue weighted by Crippen LogP contribution is -2.50. The molecule has 0 radical (unpaired) electrons. The lowest BCUT2D eigenvalue weighted by Gasteiger charge is -2.30. The molecule has 0 heterocycles. The monoisotopic (exact) mass is 286 g/mol. The molecule has 6 heteroatoms. The van der Waals surface area contributed by atoms with E-state index in [-0.39, 0.29) is 17.2 Å². The largest absolute Gasteiger partial charge is 0.398 e. The highest BCUT2D eigenvalue weighted by Gasteiger charge is 2.33. The van der Waals surface area contributed by atoms with E-state index in [0.717, 1.165) is 0 Å². The van der Waals surface area contributed by atoms with Gasteiger partial charge in [0.2, 0.25) is 10.0 Å². The molecule has 0 saturated carbocycles. The molecule has 4 N–H and O–H groups in total. The van der Waals surface area contributed by atoms with Gasteiger partial charge in [-0.2, -0.15) is 0 Å². The summed E-state index contributed by atoms with van der Waals surface area (Å²) in [7, 11) is -3.75. The highest BCUT2D eigenvalue weighted by molar-refractivity contribution is 7.89. The first kappa shape index (κ1) is 15.9. The number of benzene rings is 1. The molecule has 0 aliphatic carbocycles. The molecule has 1 aromatic rings. The van der Waals surface area contributed by atoms with Crippen molar-refractivity contribution in [2.24, 2.45) is 0 Å². The van der Waals surface area contributed by atoms with Gasteiger partial charge in [-0.3, -0.25) is 0 Å². The minimum Gasteiger partial charge on any atom is -0.398 e. The first-order valence-corrected chi connectivity index (χ1v) is 7.80. The first-order valence-electron chi connectivity index (χ1n) is 6.32. The molecule has 0 unspecified atom stereocenters. The van der Waals surface area contributed by atoms with Crippen LogP contribution in [-0.2, 0) is 10.0 Å². The summed E-state index contributed by atoms with van der Waals surface area (Å²) < 4.78 is 27.5. The maximum absolute atomic E-state index is 12.5. The summed E-state index contributed by atoms with van der Waals surface area (Å²) in [6.07, 6.45) is 1.01. The van der Waals surface area contributed by atoms with E-state index in [1.54, 1.807) is 25.1 Å². The van der Waals surface area contributed by atoms with Gasteiger partial charge in [-0.05, 0) is 31.4 Å². The molecule has 0 spiro atoms. The maximum Gasteiger partial charge on any atom is 0.243 e. The van der Waals surface area contributed by atoms with Crippen molar-refractivity contribution in [3.63, 3.8) is 0 Å². The molecular formula is C13H22N2O3S. The summed E-state index contributed by atoms with van der Waals surface area (Å²) in [6, 6.07) is 4.96. The van der Waals surface area contributed by atoms with E-state index in [0.29, 0.717) is 18.4 Å². The molecule has 0 aromatic heterocycles. The first-order chi connectivity index (χ1) is 8.82. The van der Waals surface area contributed by atoms with Gasteiger partial charge in [-0.25, -0.2) is 13.1 Å². The number of hydrogen-bond donors (Lipinski definition) is 3. The van der Waals surface area contributed by atoms with Crippen molar-refractivity contribution in [3.8, 4) is 0 Å². The van der Waals surface area contributed by atoms with Crippen LogP contribution in [-0.4, -0.2) is 25.7 Å². The Labute approximate surface area is 114 Å². The fraction of sp³-hybridized carbons (Fsp3) is 0.538. The van der Waals surface area contributed by atoms with E-state index in [1.165, 1.54) is 0 Å². The topological polar surface area (TPSA) is 92.4 Å². The number of nitrogens with one attached hydrogen (secondary N) is 1. The summed E-state index contributed by atoms with van der Waals surface area (Å²) in [5.74, 6) is 0. The minimum atomic E-state index is -3.75. The van der Waals surface area contributed by atoms with Crippen LogP contribution in [0.1, 0.15) is 32.3 Å². The van der Waals surface area contributed by atoms with E-state index < -0.39 is 15.6 Å². The van der Waals surface area contributed by atoms with E-state index >= 15 is 0 Å². The third-order valence-electron chi connectivity index (χ3n) is 3.52. The van der Waals surface area contributed by atoms with Crippen molar-refractivity contribution >= 4 is 15.7 Å². The molecule has 19 heavy (non-hydrogen) atoms. The number of nitrogens with two attached hydrogens (primary N) is 1. The SMILES string of the molecule is CCC(CC)(CO)NS(=O)(=O)c1c(C)cccc1N. The molecule has 0 amide bonds. The van der Waals surface area contributed by atoms with Crippen LogP contribution in [0.25, 0.3) is 0 Å². The smallest absolute Gasteiger partial charge is 0.243 e. The van der Waals surface area contributed by atoms with E-state index in [4.69, 9.17) is 5.73 Å². The van der Waals surface area contributed by atoms with Crippen molar-refractivity contribution in [1.29, 1.82) is 0 Å². The molecular weight excluding hydrogens is 264 g/mol. The number of sulfonamides is 1. The van der Waals surface area contributed by atoms with Crippen molar-refractivity contribution in [2.75, 3.05) is 12.3 Å². The number of aryl methyl sites for hydroxylation is 1. The van der Waals surface area contributed by atoms with Crippen LogP contribution in [0.2, 0.25) is 0 Å². The Morgan fingerprint density at radius 3 is 2.32 bits per heavy atom.